The van der Waals surface area contributed by atoms with Gasteiger partial charge in [0, 0.05) is 19.3 Å². The molecule has 6 aromatic rings. The summed E-state index contributed by atoms with van der Waals surface area (Å²) in [6, 6.07) is 40.5. The third-order valence-electron chi connectivity index (χ3n) is 8.10. The van der Waals surface area contributed by atoms with E-state index in [1.54, 1.807) is 11.3 Å². The fourth-order valence-electron chi connectivity index (χ4n) is 5.90. The van der Waals surface area contributed by atoms with E-state index in [2.05, 4.69) is 207 Å². The van der Waals surface area contributed by atoms with E-state index in [4.69, 9.17) is 23.7 Å². The molecule has 0 saturated carbocycles. The standard InChI is InChI=1S/3C9H10O.C8H7NS.C7H6O2.5C5H12/c3*1-7-6-8-4-2-3-5-9(8)10-7;1-6-9-7-4-2-3-5-8(7)10-6;1-2-4-7-6(3-1)8-5-9-7;5*1-5(2,3)4/h3*2-5,7H,6H2,1H3;2-5H,1H3;1-4H,5H2;5*1-4H3/t2*7-;;;;;;;;/m10......../s1. The van der Waals surface area contributed by atoms with Crippen LogP contribution in [0.1, 0.15) is 181 Å². The van der Waals surface area contributed by atoms with Crippen molar-refractivity contribution in [1.82, 2.24) is 4.98 Å². The molecule has 5 heterocycles. The van der Waals surface area contributed by atoms with Gasteiger partial charge in [0.05, 0.1) is 15.2 Å². The summed E-state index contributed by atoms with van der Waals surface area (Å²) in [5.41, 5.74) is 7.64. The minimum atomic E-state index is 0.360. The summed E-state index contributed by atoms with van der Waals surface area (Å²) < 4.78 is 28.0. The first-order chi connectivity index (χ1) is 33.9. The lowest BCUT2D eigenvalue weighted by Gasteiger charge is -2.05. The average Bonchev–Trinajstić information content (AvgIpc) is 4.07. The number of ether oxygens (including phenoxy) is 5. The van der Waals surface area contributed by atoms with E-state index in [1.165, 1.54) is 21.4 Å². The van der Waals surface area contributed by atoms with E-state index < -0.39 is 0 Å². The molecule has 0 N–H and O–H groups in total. The Morgan fingerprint density at radius 3 is 0.878 bits per heavy atom. The van der Waals surface area contributed by atoms with Crippen LogP contribution in [0, 0.1) is 34.0 Å². The third-order valence-corrected chi connectivity index (χ3v) is 9.06. The van der Waals surface area contributed by atoms with Crippen molar-refractivity contribution in [2.24, 2.45) is 27.1 Å². The smallest absolute Gasteiger partial charge is 0.231 e. The Morgan fingerprint density at radius 2 is 0.608 bits per heavy atom. The van der Waals surface area contributed by atoms with Gasteiger partial charge in [-0.3, -0.25) is 0 Å². The maximum atomic E-state index is 5.51. The highest BCUT2D eigenvalue weighted by atomic mass is 32.1. The number of rotatable bonds is 0. The molecule has 7 heteroatoms. The van der Waals surface area contributed by atoms with Gasteiger partial charge in [0.25, 0.3) is 0 Å². The van der Waals surface area contributed by atoms with Gasteiger partial charge in [-0.05, 0) is 114 Å². The number of aromatic nitrogens is 1. The zero-order valence-electron chi connectivity index (χ0n) is 51.0. The molecule has 0 aliphatic carbocycles. The summed E-state index contributed by atoms with van der Waals surface area (Å²) in [5, 5.41) is 1.14. The molecule has 74 heavy (non-hydrogen) atoms. The summed E-state index contributed by atoms with van der Waals surface area (Å²) in [5.74, 6) is 4.88. The average molecular weight is 1030 g/mol. The summed E-state index contributed by atoms with van der Waals surface area (Å²) in [6.07, 6.45) is 4.31. The Bertz CT molecular complexity index is 2080. The van der Waals surface area contributed by atoms with Crippen molar-refractivity contribution >= 4 is 21.6 Å². The summed E-state index contributed by atoms with van der Waals surface area (Å²) in [6.45, 7) is 52.4. The highest BCUT2D eigenvalue weighted by molar-refractivity contribution is 7.18. The Hall–Kier alpha value is -5.01. The molecule has 0 radical (unpaired) electrons. The van der Waals surface area contributed by atoms with Crippen LogP contribution >= 0.6 is 11.3 Å². The second-order valence-corrected chi connectivity index (χ2v) is 28.5. The van der Waals surface area contributed by atoms with Crippen LogP contribution in [-0.2, 0) is 19.3 Å². The Morgan fingerprint density at radius 1 is 0.365 bits per heavy atom. The minimum Gasteiger partial charge on any atom is -0.490 e. The van der Waals surface area contributed by atoms with Gasteiger partial charge in [0.2, 0.25) is 6.79 Å². The minimum absolute atomic E-state index is 0.360. The number of hydrogen-bond donors (Lipinski definition) is 0. The molecule has 4 aliphatic heterocycles. The Labute approximate surface area is 457 Å². The molecular weight excluding hydrogens is 931 g/mol. The molecular formula is C67H103NO5S. The summed E-state index contributed by atoms with van der Waals surface area (Å²) in [7, 11) is 0. The number of para-hydroxylation sites is 6. The van der Waals surface area contributed by atoms with Crippen molar-refractivity contribution in [2.75, 3.05) is 6.79 Å². The van der Waals surface area contributed by atoms with Gasteiger partial charge in [0.15, 0.2) is 11.5 Å². The highest BCUT2D eigenvalue weighted by Gasteiger charge is 2.19. The molecule has 1 unspecified atom stereocenters. The van der Waals surface area contributed by atoms with Crippen LogP contribution in [0.2, 0.25) is 0 Å². The van der Waals surface area contributed by atoms with Gasteiger partial charge >= 0.3 is 0 Å². The number of thiazole rings is 1. The van der Waals surface area contributed by atoms with Crippen molar-refractivity contribution in [3.63, 3.8) is 0 Å². The van der Waals surface area contributed by atoms with E-state index in [0.29, 0.717) is 52.2 Å². The molecule has 0 amide bonds. The van der Waals surface area contributed by atoms with Crippen LogP contribution < -0.4 is 23.7 Å². The molecule has 412 valence electrons. The Balaban J connectivity index is 0.000000419. The van der Waals surface area contributed by atoms with Crippen LogP contribution in [0.25, 0.3) is 10.2 Å². The second kappa shape index (κ2) is 31.8. The van der Waals surface area contributed by atoms with Crippen LogP contribution in [0.5, 0.6) is 28.7 Å². The SMILES string of the molecule is CC(C)(C)C.CC(C)(C)C.CC(C)(C)C.CC(C)(C)C.CC(C)(C)C.CC1Cc2ccccc2O1.C[C@@H]1Cc2ccccc2O1.C[C@H]1Cc2ccccc2O1.Cc1nc2ccccc2s1.c1ccc2c(c1)OCO2. The van der Waals surface area contributed by atoms with E-state index in [1.807, 2.05) is 85.8 Å². The quantitative estimate of drug-likeness (QED) is 0.151. The van der Waals surface area contributed by atoms with Crippen molar-refractivity contribution in [1.29, 1.82) is 0 Å². The van der Waals surface area contributed by atoms with Crippen LogP contribution in [0.3, 0.4) is 0 Å². The van der Waals surface area contributed by atoms with Crippen molar-refractivity contribution in [3.8, 4) is 28.7 Å². The van der Waals surface area contributed by atoms with Crippen molar-refractivity contribution < 1.29 is 23.7 Å². The van der Waals surface area contributed by atoms with E-state index >= 15 is 0 Å². The topological polar surface area (TPSA) is 59.0 Å². The number of benzene rings is 5. The highest BCUT2D eigenvalue weighted by Crippen LogP contribution is 2.31. The number of fused-ring (bicyclic) bond motifs is 5. The lowest BCUT2D eigenvalue weighted by molar-refractivity contribution is 0.174. The monoisotopic (exact) mass is 1030 g/mol. The zero-order valence-corrected chi connectivity index (χ0v) is 51.8. The van der Waals surface area contributed by atoms with Gasteiger partial charge in [-0.15, -0.1) is 11.3 Å². The molecule has 1 aromatic heterocycles. The number of aryl methyl sites for hydroxylation is 1. The predicted octanol–water partition coefficient (Wildman–Crippen LogP) is 20.3. The zero-order chi connectivity index (χ0) is 56.5. The molecule has 0 spiro atoms. The molecule has 0 saturated heterocycles. The first-order valence-electron chi connectivity index (χ1n) is 26.8. The molecule has 5 aromatic carbocycles. The van der Waals surface area contributed by atoms with Gasteiger partial charge < -0.3 is 23.7 Å². The Kier molecular flexibility index (Phi) is 28.8. The molecule has 0 fully saturated rings. The van der Waals surface area contributed by atoms with Gasteiger partial charge in [-0.1, -0.05) is 217 Å². The lowest BCUT2D eigenvalue weighted by atomic mass is 10.0. The van der Waals surface area contributed by atoms with Crippen LogP contribution in [-0.4, -0.2) is 30.1 Å². The molecule has 6 nitrogen and oxygen atoms in total. The van der Waals surface area contributed by atoms with E-state index in [0.717, 1.165) is 58.5 Å². The second-order valence-electron chi connectivity index (χ2n) is 27.3. The van der Waals surface area contributed by atoms with Crippen LogP contribution in [0.4, 0.5) is 0 Å². The number of hydrogen-bond acceptors (Lipinski definition) is 7. The first kappa shape index (κ1) is 67.0. The molecule has 0 bridgehead atoms. The summed E-state index contributed by atoms with van der Waals surface area (Å²) in [4.78, 5) is 4.33. The van der Waals surface area contributed by atoms with Crippen molar-refractivity contribution in [2.45, 2.75) is 204 Å². The van der Waals surface area contributed by atoms with Crippen LogP contribution in [0.15, 0.2) is 121 Å². The number of nitrogens with zero attached hydrogens (tertiary/aromatic N) is 1. The van der Waals surface area contributed by atoms with Crippen molar-refractivity contribution in [3.05, 3.63) is 143 Å². The maximum absolute atomic E-state index is 5.51. The van der Waals surface area contributed by atoms with E-state index in [-0.39, 0.29) is 0 Å². The normalized spacial score (nSPS) is 16.0. The molecule has 4 aliphatic rings. The lowest BCUT2D eigenvalue weighted by Crippen LogP contribution is -2.05. The molecule has 3 atom stereocenters. The maximum Gasteiger partial charge on any atom is 0.231 e. The van der Waals surface area contributed by atoms with Gasteiger partial charge in [-0.25, -0.2) is 4.98 Å². The summed E-state index contributed by atoms with van der Waals surface area (Å²) >= 11 is 1.74. The van der Waals surface area contributed by atoms with Gasteiger partial charge in [0.1, 0.15) is 35.6 Å². The predicted molar refractivity (Wildman–Crippen MR) is 323 cm³/mol. The fourth-order valence-corrected chi connectivity index (χ4v) is 6.73. The van der Waals surface area contributed by atoms with Gasteiger partial charge in [-0.2, -0.15) is 0 Å². The molecule has 10 rings (SSSR count). The first-order valence-corrected chi connectivity index (χ1v) is 27.6. The fraction of sp³-hybridized carbons (Fsp3) is 0.537. The third kappa shape index (κ3) is 37.7. The largest absolute Gasteiger partial charge is 0.490 e. The van der Waals surface area contributed by atoms with E-state index in [9.17, 15) is 0 Å².